The molecular weight excluding hydrogens is 264 g/mol. The van der Waals surface area contributed by atoms with E-state index in [0.717, 1.165) is 5.57 Å². The van der Waals surface area contributed by atoms with Crippen LogP contribution in [0.1, 0.15) is 12.5 Å². The van der Waals surface area contributed by atoms with Crippen molar-refractivity contribution in [1.29, 1.82) is 0 Å². The Labute approximate surface area is 114 Å². The molecule has 0 fully saturated rings. The average Bonchev–Trinajstić information content (AvgIpc) is 2.27. The lowest BCUT2D eigenvalue weighted by molar-refractivity contribution is 0.162. The molecule has 0 atom stereocenters. The first-order valence-corrected chi connectivity index (χ1v) is 7.39. The SMILES string of the molecule is C=C(C)COCCNS(=O)(=O)c1ccc(N)cc1C. The summed E-state index contributed by atoms with van der Waals surface area (Å²) >= 11 is 0. The van der Waals surface area contributed by atoms with Gasteiger partial charge in [-0.15, -0.1) is 0 Å². The van der Waals surface area contributed by atoms with Crippen molar-refractivity contribution in [3.05, 3.63) is 35.9 Å². The summed E-state index contributed by atoms with van der Waals surface area (Å²) in [6.07, 6.45) is 0. The molecular formula is C13H20N2O3S. The maximum atomic E-state index is 12.0. The number of hydrogen-bond acceptors (Lipinski definition) is 4. The third-order valence-corrected chi connectivity index (χ3v) is 4.00. The van der Waals surface area contributed by atoms with E-state index in [2.05, 4.69) is 11.3 Å². The highest BCUT2D eigenvalue weighted by molar-refractivity contribution is 7.89. The van der Waals surface area contributed by atoms with Crippen molar-refractivity contribution in [3.63, 3.8) is 0 Å². The van der Waals surface area contributed by atoms with Gasteiger partial charge in [-0.3, -0.25) is 0 Å². The Hall–Kier alpha value is -1.37. The number of aryl methyl sites for hydroxylation is 1. The molecule has 0 aliphatic carbocycles. The molecule has 1 aromatic carbocycles. The first-order valence-electron chi connectivity index (χ1n) is 5.91. The van der Waals surface area contributed by atoms with Gasteiger partial charge in [0.15, 0.2) is 0 Å². The summed E-state index contributed by atoms with van der Waals surface area (Å²) in [5, 5.41) is 0. The fourth-order valence-corrected chi connectivity index (χ4v) is 2.78. The molecule has 0 bridgehead atoms. The molecule has 0 aliphatic rings. The zero-order chi connectivity index (χ0) is 14.5. The van der Waals surface area contributed by atoms with E-state index in [9.17, 15) is 8.42 Å². The minimum Gasteiger partial charge on any atom is -0.399 e. The molecule has 0 unspecified atom stereocenters. The number of sulfonamides is 1. The molecule has 1 aromatic rings. The zero-order valence-electron chi connectivity index (χ0n) is 11.3. The van der Waals surface area contributed by atoms with Gasteiger partial charge in [-0.2, -0.15) is 0 Å². The minimum atomic E-state index is -3.52. The Morgan fingerprint density at radius 3 is 2.74 bits per heavy atom. The summed E-state index contributed by atoms with van der Waals surface area (Å²) in [7, 11) is -3.52. The van der Waals surface area contributed by atoms with E-state index < -0.39 is 10.0 Å². The summed E-state index contributed by atoms with van der Waals surface area (Å²) in [4.78, 5) is 0.238. The molecule has 1 rings (SSSR count). The molecule has 0 spiro atoms. The van der Waals surface area contributed by atoms with E-state index in [4.69, 9.17) is 10.5 Å². The Morgan fingerprint density at radius 1 is 1.47 bits per heavy atom. The summed E-state index contributed by atoms with van der Waals surface area (Å²) < 4.78 is 31.8. The lowest BCUT2D eigenvalue weighted by Gasteiger charge is -2.10. The van der Waals surface area contributed by atoms with Crippen LogP contribution in [0.4, 0.5) is 5.69 Å². The van der Waals surface area contributed by atoms with Crippen molar-refractivity contribution in [2.24, 2.45) is 0 Å². The average molecular weight is 284 g/mol. The Morgan fingerprint density at radius 2 is 2.16 bits per heavy atom. The topological polar surface area (TPSA) is 81.4 Å². The molecule has 0 amide bonds. The molecule has 5 nitrogen and oxygen atoms in total. The molecule has 3 N–H and O–H groups in total. The van der Waals surface area contributed by atoms with E-state index >= 15 is 0 Å². The van der Waals surface area contributed by atoms with Crippen molar-refractivity contribution in [1.82, 2.24) is 4.72 Å². The fraction of sp³-hybridized carbons (Fsp3) is 0.385. The smallest absolute Gasteiger partial charge is 0.240 e. The highest BCUT2D eigenvalue weighted by atomic mass is 32.2. The molecule has 0 saturated heterocycles. The van der Waals surface area contributed by atoms with Crippen molar-refractivity contribution < 1.29 is 13.2 Å². The van der Waals surface area contributed by atoms with Crippen LogP contribution in [0.2, 0.25) is 0 Å². The third-order valence-electron chi connectivity index (χ3n) is 2.38. The Bertz CT molecular complexity index is 553. The number of anilines is 1. The number of benzene rings is 1. The third kappa shape index (κ3) is 5.02. The Balaban J connectivity index is 2.59. The zero-order valence-corrected chi connectivity index (χ0v) is 12.1. The predicted octanol–water partition coefficient (Wildman–Crippen LogP) is 1.45. The van der Waals surface area contributed by atoms with Gasteiger partial charge in [-0.05, 0) is 37.6 Å². The van der Waals surface area contributed by atoms with Crippen LogP contribution in [-0.2, 0) is 14.8 Å². The van der Waals surface area contributed by atoms with Gasteiger partial charge in [-0.25, -0.2) is 13.1 Å². The van der Waals surface area contributed by atoms with Gasteiger partial charge in [0.05, 0.1) is 18.1 Å². The maximum Gasteiger partial charge on any atom is 0.240 e. The van der Waals surface area contributed by atoms with Gasteiger partial charge in [0.25, 0.3) is 0 Å². The summed E-state index contributed by atoms with van der Waals surface area (Å²) in [6, 6.07) is 4.70. The molecule has 19 heavy (non-hydrogen) atoms. The minimum absolute atomic E-state index is 0.222. The number of rotatable bonds is 7. The molecule has 0 saturated carbocycles. The first-order chi connectivity index (χ1) is 8.83. The van der Waals surface area contributed by atoms with Crippen molar-refractivity contribution in [2.45, 2.75) is 18.7 Å². The van der Waals surface area contributed by atoms with Crippen LogP contribution < -0.4 is 10.5 Å². The number of hydrogen-bond donors (Lipinski definition) is 2. The van der Waals surface area contributed by atoms with Crippen LogP contribution in [0.5, 0.6) is 0 Å². The second-order valence-electron chi connectivity index (χ2n) is 4.43. The fourth-order valence-electron chi connectivity index (χ4n) is 1.55. The van der Waals surface area contributed by atoms with Gasteiger partial charge >= 0.3 is 0 Å². The molecule has 106 valence electrons. The monoisotopic (exact) mass is 284 g/mol. The molecule has 0 heterocycles. The first kappa shape index (κ1) is 15.7. The van der Waals surface area contributed by atoms with Crippen LogP contribution in [0.15, 0.2) is 35.2 Å². The van der Waals surface area contributed by atoms with E-state index in [0.29, 0.717) is 24.5 Å². The normalized spacial score (nSPS) is 11.5. The number of nitrogens with two attached hydrogens (primary N) is 1. The maximum absolute atomic E-state index is 12.0. The van der Waals surface area contributed by atoms with Gasteiger partial charge < -0.3 is 10.5 Å². The van der Waals surface area contributed by atoms with Crippen LogP contribution >= 0.6 is 0 Å². The predicted molar refractivity (Wildman–Crippen MR) is 76.4 cm³/mol. The molecule has 0 radical (unpaired) electrons. The Kier molecular flexibility index (Phi) is 5.53. The standard InChI is InChI=1S/C13H20N2O3S/c1-10(2)9-18-7-6-15-19(16,17)13-5-4-12(14)8-11(13)3/h4-5,8,15H,1,6-7,9,14H2,2-3H3. The van der Waals surface area contributed by atoms with Crippen LogP contribution in [0.3, 0.4) is 0 Å². The van der Waals surface area contributed by atoms with Gasteiger partial charge in [-0.1, -0.05) is 12.2 Å². The van der Waals surface area contributed by atoms with E-state index in [1.807, 2.05) is 6.92 Å². The van der Waals surface area contributed by atoms with Crippen LogP contribution in [-0.4, -0.2) is 28.2 Å². The molecule has 6 heteroatoms. The van der Waals surface area contributed by atoms with Gasteiger partial charge in [0.2, 0.25) is 10.0 Å². The second-order valence-corrected chi connectivity index (χ2v) is 6.17. The summed E-state index contributed by atoms with van der Waals surface area (Å²) in [6.45, 7) is 8.21. The highest BCUT2D eigenvalue weighted by Gasteiger charge is 2.15. The van der Waals surface area contributed by atoms with Gasteiger partial charge in [0.1, 0.15) is 0 Å². The van der Waals surface area contributed by atoms with E-state index in [-0.39, 0.29) is 11.4 Å². The lowest BCUT2D eigenvalue weighted by Crippen LogP contribution is -2.28. The van der Waals surface area contributed by atoms with Crippen molar-refractivity contribution in [2.75, 3.05) is 25.5 Å². The molecule has 0 aromatic heterocycles. The summed E-state index contributed by atoms with van der Waals surface area (Å²) in [5.74, 6) is 0. The van der Waals surface area contributed by atoms with Crippen molar-refractivity contribution in [3.8, 4) is 0 Å². The van der Waals surface area contributed by atoms with Crippen molar-refractivity contribution >= 4 is 15.7 Å². The van der Waals surface area contributed by atoms with Gasteiger partial charge in [0, 0.05) is 12.2 Å². The second kappa shape index (κ2) is 6.70. The lowest BCUT2D eigenvalue weighted by atomic mass is 10.2. The number of nitrogen functional groups attached to an aromatic ring is 1. The van der Waals surface area contributed by atoms with E-state index in [1.165, 1.54) is 6.07 Å². The van der Waals surface area contributed by atoms with Crippen LogP contribution in [0, 0.1) is 6.92 Å². The summed E-state index contributed by atoms with van der Waals surface area (Å²) in [5.41, 5.74) is 7.66. The van der Waals surface area contributed by atoms with Crippen LogP contribution in [0.25, 0.3) is 0 Å². The number of nitrogens with one attached hydrogen (secondary N) is 1. The molecule has 0 aliphatic heterocycles. The number of ether oxygens (including phenoxy) is 1. The quantitative estimate of drug-likeness (QED) is 0.451. The highest BCUT2D eigenvalue weighted by Crippen LogP contribution is 2.17. The van der Waals surface area contributed by atoms with E-state index in [1.54, 1.807) is 19.1 Å². The largest absolute Gasteiger partial charge is 0.399 e.